The molecule has 2 heterocycles. The predicted molar refractivity (Wildman–Crippen MR) is 81.1 cm³/mol. The minimum absolute atomic E-state index is 0.269. The van der Waals surface area contributed by atoms with Crippen LogP contribution in [0.5, 0.6) is 11.8 Å². The third-order valence-electron chi connectivity index (χ3n) is 2.58. The highest BCUT2D eigenvalue weighted by molar-refractivity contribution is 9.10. The summed E-state index contributed by atoms with van der Waals surface area (Å²) in [4.78, 5) is 11.4. The van der Waals surface area contributed by atoms with Gasteiger partial charge in [-0.3, -0.25) is 9.78 Å². The van der Waals surface area contributed by atoms with E-state index in [1.807, 2.05) is 13.2 Å². The first kappa shape index (κ1) is 16.3. The van der Waals surface area contributed by atoms with E-state index in [0.717, 1.165) is 4.47 Å². The van der Waals surface area contributed by atoms with Crippen LogP contribution in [0.2, 0.25) is 0 Å². The van der Waals surface area contributed by atoms with Gasteiger partial charge in [0, 0.05) is 25.7 Å². The van der Waals surface area contributed by atoms with Gasteiger partial charge in [0.15, 0.2) is 0 Å². The molecule has 0 saturated heterocycles. The smallest absolute Gasteiger partial charge is 0.356 e. The molecule has 0 fully saturated rings. The van der Waals surface area contributed by atoms with E-state index in [9.17, 15) is 4.79 Å². The van der Waals surface area contributed by atoms with E-state index < -0.39 is 5.97 Å². The van der Waals surface area contributed by atoms with E-state index in [0.29, 0.717) is 38.0 Å². The van der Waals surface area contributed by atoms with Gasteiger partial charge in [-0.05, 0) is 22.9 Å². The van der Waals surface area contributed by atoms with Crippen molar-refractivity contribution in [1.29, 1.82) is 0 Å². The van der Waals surface area contributed by atoms with Crippen LogP contribution in [0.25, 0.3) is 0 Å². The number of hydrogen-bond donors (Lipinski definition) is 1. The lowest BCUT2D eigenvalue weighted by atomic mass is 10.4. The van der Waals surface area contributed by atoms with Gasteiger partial charge in [-0.1, -0.05) is 0 Å². The molecule has 22 heavy (non-hydrogen) atoms. The van der Waals surface area contributed by atoms with E-state index in [-0.39, 0.29) is 5.69 Å². The Labute approximate surface area is 135 Å². The minimum Gasteiger partial charge on any atom is -0.476 e. The average Bonchev–Trinajstić information content (AvgIpc) is 3.06. The first-order valence-corrected chi connectivity index (χ1v) is 7.56. The molecule has 0 radical (unpaired) electrons. The monoisotopic (exact) mass is 372 g/mol. The number of aryl methyl sites for hydroxylation is 1. The number of rotatable bonds is 8. The maximum atomic E-state index is 11.4. The Morgan fingerprint density at radius 2 is 2.18 bits per heavy atom. The number of H-pyrrole nitrogens is 1. The predicted octanol–water partition coefficient (Wildman–Crippen LogP) is 1.93. The first-order valence-electron chi connectivity index (χ1n) is 6.77. The maximum Gasteiger partial charge on any atom is 0.356 e. The summed E-state index contributed by atoms with van der Waals surface area (Å²) < 4.78 is 18.2. The largest absolute Gasteiger partial charge is 0.476 e. The molecule has 0 bridgehead atoms. The van der Waals surface area contributed by atoms with Gasteiger partial charge in [0.1, 0.15) is 5.69 Å². The molecule has 120 valence electrons. The Kier molecular flexibility index (Phi) is 5.82. The Morgan fingerprint density at radius 3 is 2.86 bits per heavy atom. The maximum absolute atomic E-state index is 11.4. The third-order valence-corrected chi connectivity index (χ3v) is 3.12. The molecule has 0 saturated carbocycles. The van der Waals surface area contributed by atoms with Crippen molar-refractivity contribution in [2.75, 3.05) is 19.8 Å². The molecule has 2 aromatic rings. The first-order chi connectivity index (χ1) is 10.6. The SMILES string of the molecule is CCOC(=O)c1cc(OCCCOc2nn(C)cc2Br)n[nH]1. The van der Waals surface area contributed by atoms with Crippen molar-refractivity contribution >= 4 is 21.9 Å². The van der Waals surface area contributed by atoms with Crippen LogP contribution < -0.4 is 9.47 Å². The van der Waals surface area contributed by atoms with Crippen molar-refractivity contribution in [3.05, 3.63) is 22.4 Å². The number of hydrogen-bond acceptors (Lipinski definition) is 6. The standard InChI is InChI=1S/C13H17BrN4O4/c1-3-20-13(19)10-7-11(16-15-10)21-5-4-6-22-12-9(14)8-18(2)17-12/h7-8H,3-6H2,1-2H3,(H,15,16). The van der Waals surface area contributed by atoms with E-state index in [1.54, 1.807) is 11.6 Å². The van der Waals surface area contributed by atoms with E-state index in [1.165, 1.54) is 6.07 Å². The zero-order chi connectivity index (χ0) is 15.9. The summed E-state index contributed by atoms with van der Waals surface area (Å²) in [6.07, 6.45) is 2.47. The van der Waals surface area contributed by atoms with Gasteiger partial charge in [-0.25, -0.2) is 4.79 Å². The summed E-state index contributed by atoms with van der Waals surface area (Å²) in [6.45, 7) is 2.93. The Hall–Kier alpha value is -2.03. The Morgan fingerprint density at radius 1 is 1.41 bits per heavy atom. The fraction of sp³-hybridized carbons (Fsp3) is 0.462. The second-order valence-electron chi connectivity index (χ2n) is 4.35. The number of nitrogens with zero attached hydrogens (tertiary/aromatic N) is 3. The van der Waals surface area contributed by atoms with Crippen LogP contribution in [0.4, 0.5) is 0 Å². The molecule has 0 unspecified atom stereocenters. The zero-order valence-corrected chi connectivity index (χ0v) is 13.9. The van der Waals surface area contributed by atoms with Crippen molar-refractivity contribution in [3.63, 3.8) is 0 Å². The van der Waals surface area contributed by atoms with Crippen LogP contribution in [0.15, 0.2) is 16.7 Å². The van der Waals surface area contributed by atoms with Crippen molar-refractivity contribution in [2.45, 2.75) is 13.3 Å². The molecule has 0 aliphatic carbocycles. The highest BCUT2D eigenvalue weighted by Crippen LogP contribution is 2.21. The van der Waals surface area contributed by atoms with Crippen molar-refractivity contribution in [3.8, 4) is 11.8 Å². The average molecular weight is 373 g/mol. The molecule has 0 spiro atoms. The Bertz CT molecular complexity index is 625. The highest BCUT2D eigenvalue weighted by atomic mass is 79.9. The molecule has 9 heteroatoms. The fourth-order valence-corrected chi connectivity index (χ4v) is 2.12. The van der Waals surface area contributed by atoms with E-state index in [2.05, 4.69) is 31.2 Å². The Balaban J connectivity index is 1.68. The number of halogens is 1. The lowest BCUT2D eigenvalue weighted by Gasteiger charge is -2.04. The van der Waals surface area contributed by atoms with Crippen molar-refractivity contribution in [2.24, 2.45) is 7.05 Å². The van der Waals surface area contributed by atoms with Crippen LogP contribution in [0, 0.1) is 0 Å². The summed E-state index contributed by atoms with van der Waals surface area (Å²) >= 11 is 3.35. The summed E-state index contributed by atoms with van der Waals surface area (Å²) in [7, 11) is 1.82. The van der Waals surface area contributed by atoms with Crippen LogP contribution in [-0.2, 0) is 11.8 Å². The molecular weight excluding hydrogens is 356 g/mol. The van der Waals surface area contributed by atoms with Crippen molar-refractivity contribution in [1.82, 2.24) is 20.0 Å². The number of ether oxygens (including phenoxy) is 3. The molecule has 0 aliphatic rings. The molecule has 2 rings (SSSR count). The van der Waals surface area contributed by atoms with Gasteiger partial charge in [0.2, 0.25) is 11.8 Å². The number of aromatic amines is 1. The summed E-state index contributed by atoms with van der Waals surface area (Å²) in [6, 6.07) is 1.51. The molecule has 8 nitrogen and oxygen atoms in total. The number of aromatic nitrogens is 4. The summed E-state index contributed by atoms with van der Waals surface area (Å²) in [5.74, 6) is 0.446. The van der Waals surface area contributed by atoms with Crippen molar-refractivity contribution < 1.29 is 19.0 Å². The van der Waals surface area contributed by atoms with Gasteiger partial charge < -0.3 is 14.2 Å². The van der Waals surface area contributed by atoms with Crippen LogP contribution >= 0.6 is 15.9 Å². The molecule has 0 aromatic carbocycles. The van der Waals surface area contributed by atoms with Crippen LogP contribution in [0.1, 0.15) is 23.8 Å². The lowest BCUT2D eigenvalue weighted by molar-refractivity contribution is 0.0519. The van der Waals surface area contributed by atoms with Gasteiger partial charge in [-0.2, -0.15) is 0 Å². The second-order valence-corrected chi connectivity index (χ2v) is 5.20. The summed E-state index contributed by atoms with van der Waals surface area (Å²) in [5.41, 5.74) is 0.269. The van der Waals surface area contributed by atoms with Gasteiger partial charge in [0.05, 0.1) is 24.3 Å². The molecular formula is C13H17BrN4O4. The molecule has 1 N–H and O–H groups in total. The third kappa shape index (κ3) is 4.48. The minimum atomic E-state index is -0.451. The van der Waals surface area contributed by atoms with E-state index >= 15 is 0 Å². The highest BCUT2D eigenvalue weighted by Gasteiger charge is 2.11. The fourth-order valence-electron chi connectivity index (χ4n) is 1.63. The zero-order valence-electron chi connectivity index (χ0n) is 12.3. The van der Waals surface area contributed by atoms with E-state index in [4.69, 9.17) is 14.2 Å². The lowest BCUT2D eigenvalue weighted by Crippen LogP contribution is -2.06. The van der Waals surface area contributed by atoms with Gasteiger partial charge in [0.25, 0.3) is 0 Å². The second kappa shape index (κ2) is 7.83. The topological polar surface area (TPSA) is 91.3 Å². The molecule has 0 atom stereocenters. The number of carbonyl (C=O) groups excluding carboxylic acids is 1. The quantitative estimate of drug-likeness (QED) is 0.562. The van der Waals surface area contributed by atoms with Crippen LogP contribution in [0.3, 0.4) is 0 Å². The van der Waals surface area contributed by atoms with Gasteiger partial charge in [-0.15, -0.1) is 10.2 Å². The van der Waals surface area contributed by atoms with Gasteiger partial charge >= 0.3 is 5.97 Å². The normalized spacial score (nSPS) is 10.5. The number of nitrogens with one attached hydrogen (secondary N) is 1. The number of carbonyl (C=O) groups is 1. The number of esters is 1. The molecule has 0 amide bonds. The van der Waals surface area contributed by atoms with Crippen LogP contribution in [-0.4, -0.2) is 45.8 Å². The molecule has 2 aromatic heterocycles. The summed E-state index contributed by atoms with van der Waals surface area (Å²) in [5, 5.41) is 10.6. The molecule has 0 aliphatic heterocycles.